The molecule has 0 spiro atoms. The second-order valence-electron chi connectivity index (χ2n) is 4.55. The fourth-order valence-corrected chi connectivity index (χ4v) is 2.65. The maximum atomic E-state index is 13.2. The van der Waals surface area contributed by atoms with Gasteiger partial charge in [-0.05, 0) is 41.5 Å². The first-order valence-corrected chi connectivity index (χ1v) is 7.41. The summed E-state index contributed by atoms with van der Waals surface area (Å²) < 4.78 is 25.5. The van der Waals surface area contributed by atoms with E-state index in [-0.39, 0.29) is 18.0 Å². The summed E-state index contributed by atoms with van der Waals surface area (Å²) in [6, 6.07) is 4.77. The van der Waals surface area contributed by atoms with Gasteiger partial charge in [0.25, 0.3) is 0 Å². The van der Waals surface area contributed by atoms with Gasteiger partial charge in [0.1, 0.15) is 23.8 Å². The largest absolute Gasteiger partial charge is 0.486 e. The second-order valence-corrected chi connectivity index (χ2v) is 5.41. The maximum absolute atomic E-state index is 13.2. The lowest BCUT2D eigenvalue weighted by Gasteiger charge is -2.44. The number of likely N-dealkylation sites (N-methyl/N-ethyl adjacent to an activating group) is 1. The average Bonchev–Trinajstić information content (AvgIpc) is 2.38. The molecule has 1 N–H and O–H groups in total. The lowest BCUT2D eigenvalue weighted by Crippen LogP contribution is -2.61. The highest BCUT2D eigenvalue weighted by molar-refractivity contribution is 9.10. The summed E-state index contributed by atoms with van der Waals surface area (Å²) in [5.41, 5.74) is 0. The van der Waals surface area contributed by atoms with Crippen LogP contribution in [0.15, 0.2) is 22.7 Å². The molecule has 3 atom stereocenters. The Bertz CT molecular complexity index is 430. The van der Waals surface area contributed by atoms with Crippen molar-refractivity contribution in [2.24, 2.45) is 0 Å². The van der Waals surface area contributed by atoms with Gasteiger partial charge >= 0.3 is 0 Å². The number of rotatable bonds is 6. The Morgan fingerprint density at radius 1 is 1.42 bits per heavy atom. The van der Waals surface area contributed by atoms with E-state index in [2.05, 4.69) is 28.2 Å². The predicted molar refractivity (Wildman–Crippen MR) is 76.0 cm³/mol. The number of nitrogens with one attached hydrogen (secondary N) is 1. The zero-order chi connectivity index (χ0) is 13.8. The van der Waals surface area contributed by atoms with Crippen LogP contribution < -0.4 is 10.1 Å². The van der Waals surface area contributed by atoms with Gasteiger partial charge in [-0.15, -0.1) is 0 Å². The quantitative estimate of drug-likeness (QED) is 0.868. The van der Waals surface area contributed by atoms with Crippen LogP contribution in [0.3, 0.4) is 0 Å². The van der Waals surface area contributed by atoms with E-state index < -0.39 is 0 Å². The normalized spacial score (nSPS) is 26.0. The minimum atomic E-state index is -0.297. The predicted octanol–water partition coefficient (Wildman–Crippen LogP) is 3.12. The average molecular weight is 332 g/mol. The van der Waals surface area contributed by atoms with Crippen LogP contribution in [0, 0.1) is 5.82 Å². The summed E-state index contributed by atoms with van der Waals surface area (Å²) in [7, 11) is 0. The first-order valence-electron chi connectivity index (χ1n) is 6.62. The molecule has 0 aromatic heterocycles. The molecule has 0 radical (unpaired) electrons. The molecule has 106 valence electrons. The molecule has 1 fully saturated rings. The third-order valence-electron chi connectivity index (χ3n) is 3.25. The van der Waals surface area contributed by atoms with Crippen molar-refractivity contribution >= 4 is 15.9 Å². The molecule has 2 rings (SSSR count). The van der Waals surface area contributed by atoms with Gasteiger partial charge in [-0.3, -0.25) is 0 Å². The molecule has 1 saturated carbocycles. The highest BCUT2D eigenvalue weighted by Crippen LogP contribution is 2.33. The zero-order valence-corrected chi connectivity index (χ0v) is 12.7. The van der Waals surface area contributed by atoms with Gasteiger partial charge in [0.2, 0.25) is 0 Å². The molecule has 1 aliphatic rings. The van der Waals surface area contributed by atoms with Crippen molar-refractivity contribution < 1.29 is 13.9 Å². The summed E-state index contributed by atoms with van der Waals surface area (Å²) in [6.45, 7) is 5.60. The van der Waals surface area contributed by atoms with E-state index in [1.165, 1.54) is 12.1 Å². The van der Waals surface area contributed by atoms with Crippen molar-refractivity contribution in [3.8, 4) is 5.75 Å². The van der Waals surface area contributed by atoms with E-state index in [1.54, 1.807) is 6.07 Å². The Labute approximate surface area is 121 Å². The lowest BCUT2D eigenvalue weighted by atomic mass is 9.85. The fourth-order valence-electron chi connectivity index (χ4n) is 2.31. The summed E-state index contributed by atoms with van der Waals surface area (Å²) in [6.07, 6.45) is 0.879. The molecule has 3 nitrogen and oxygen atoms in total. The third-order valence-corrected chi connectivity index (χ3v) is 3.90. The highest BCUT2D eigenvalue weighted by atomic mass is 79.9. The van der Waals surface area contributed by atoms with Crippen molar-refractivity contribution in [1.82, 2.24) is 5.32 Å². The van der Waals surface area contributed by atoms with E-state index >= 15 is 0 Å². The minimum Gasteiger partial charge on any atom is -0.486 e. The maximum Gasteiger partial charge on any atom is 0.136 e. The third kappa shape index (κ3) is 3.46. The van der Waals surface area contributed by atoms with E-state index in [4.69, 9.17) is 9.47 Å². The fraction of sp³-hybridized carbons (Fsp3) is 0.571. The molecule has 0 heterocycles. The molecule has 0 saturated heterocycles. The van der Waals surface area contributed by atoms with Gasteiger partial charge in [0, 0.05) is 25.1 Å². The summed E-state index contributed by atoms with van der Waals surface area (Å²) in [5.74, 6) is 0.235. The Hall–Kier alpha value is -0.650. The van der Waals surface area contributed by atoms with Crippen molar-refractivity contribution in [1.29, 1.82) is 0 Å². The molecule has 0 amide bonds. The van der Waals surface area contributed by atoms with Crippen molar-refractivity contribution in [2.45, 2.75) is 38.5 Å². The van der Waals surface area contributed by atoms with Crippen LogP contribution in [0.2, 0.25) is 0 Å². The van der Waals surface area contributed by atoms with E-state index in [1.807, 2.05) is 6.92 Å². The summed E-state index contributed by atoms with van der Waals surface area (Å²) in [5, 5.41) is 3.37. The number of benzene rings is 1. The molecule has 1 aromatic rings. The van der Waals surface area contributed by atoms with E-state index in [9.17, 15) is 4.39 Å². The van der Waals surface area contributed by atoms with Crippen LogP contribution in [0.1, 0.15) is 20.3 Å². The summed E-state index contributed by atoms with van der Waals surface area (Å²) in [4.78, 5) is 0. The molecule has 19 heavy (non-hydrogen) atoms. The molecule has 1 aliphatic carbocycles. The topological polar surface area (TPSA) is 30.5 Å². The Morgan fingerprint density at radius 2 is 2.21 bits per heavy atom. The number of hydrogen-bond donors (Lipinski definition) is 1. The molecule has 3 unspecified atom stereocenters. The standard InChI is InChI=1S/C14H19BrFNO2/c1-3-17-11-8-13(14(11)18-4-2)19-12-7-9(16)5-6-10(12)15/h5-7,11,13-14,17H,3-4,8H2,1-2H3. The lowest BCUT2D eigenvalue weighted by molar-refractivity contribution is -0.104. The van der Waals surface area contributed by atoms with Crippen molar-refractivity contribution in [3.63, 3.8) is 0 Å². The van der Waals surface area contributed by atoms with E-state index in [0.717, 1.165) is 17.4 Å². The van der Waals surface area contributed by atoms with Crippen LogP contribution in [-0.2, 0) is 4.74 Å². The molecular weight excluding hydrogens is 313 g/mol. The molecule has 1 aromatic carbocycles. The SMILES string of the molecule is CCNC1CC(Oc2cc(F)ccc2Br)C1OCC. The van der Waals surface area contributed by atoms with Crippen LogP contribution in [0.25, 0.3) is 0 Å². The van der Waals surface area contributed by atoms with Crippen LogP contribution in [0.5, 0.6) is 5.75 Å². The zero-order valence-electron chi connectivity index (χ0n) is 11.2. The van der Waals surface area contributed by atoms with Gasteiger partial charge in [-0.2, -0.15) is 0 Å². The Kier molecular flexibility index (Phi) is 5.19. The first kappa shape index (κ1) is 14.8. The van der Waals surface area contributed by atoms with E-state index in [0.29, 0.717) is 18.4 Å². The summed E-state index contributed by atoms with van der Waals surface area (Å²) >= 11 is 3.37. The van der Waals surface area contributed by atoms with Crippen LogP contribution in [-0.4, -0.2) is 31.4 Å². The number of halogens is 2. The first-order chi connectivity index (χ1) is 9.15. The van der Waals surface area contributed by atoms with Gasteiger partial charge in [0.05, 0.1) is 4.47 Å². The van der Waals surface area contributed by atoms with Crippen LogP contribution >= 0.6 is 15.9 Å². The van der Waals surface area contributed by atoms with Gasteiger partial charge in [0.15, 0.2) is 0 Å². The molecular formula is C14H19BrFNO2. The van der Waals surface area contributed by atoms with Crippen LogP contribution in [0.4, 0.5) is 4.39 Å². The van der Waals surface area contributed by atoms with Gasteiger partial charge < -0.3 is 14.8 Å². The van der Waals surface area contributed by atoms with Crippen molar-refractivity contribution in [3.05, 3.63) is 28.5 Å². The van der Waals surface area contributed by atoms with Crippen molar-refractivity contribution in [2.75, 3.05) is 13.2 Å². The number of ether oxygens (including phenoxy) is 2. The Balaban J connectivity index is 2.00. The second kappa shape index (κ2) is 6.68. The smallest absolute Gasteiger partial charge is 0.136 e. The molecule has 0 aliphatic heterocycles. The molecule has 5 heteroatoms. The monoisotopic (exact) mass is 331 g/mol. The Morgan fingerprint density at radius 3 is 2.89 bits per heavy atom. The number of hydrogen-bond acceptors (Lipinski definition) is 3. The highest BCUT2D eigenvalue weighted by Gasteiger charge is 2.43. The van der Waals surface area contributed by atoms with Gasteiger partial charge in [-0.1, -0.05) is 6.92 Å². The molecule has 0 bridgehead atoms. The van der Waals surface area contributed by atoms with Gasteiger partial charge in [-0.25, -0.2) is 4.39 Å². The minimum absolute atomic E-state index is 0.0258.